The molecular formula is C64H92F6O. The molecule has 0 N–H and O–H groups in total. The normalized spacial score (nSPS) is 17.9. The molecule has 71 heavy (non-hydrogen) atoms. The Morgan fingerprint density at radius 2 is 0.704 bits per heavy atom. The van der Waals surface area contributed by atoms with Gasteiger partial charge in [0.2, 0.25) is 5.82 Å². The number of hydrogen-bond acceptors (Lipinski definition) is 1. The molecule has 0 heterocycles. The van der Waals surface area contributed by atoms with Gasteiger partial charge in [-0.2, -0.15) is 4.39 Å². The molecule has 396 valence electrons. The summed E-state index contributed by atoms with van der Waals surface area (Å²) in [5, 5.41) is 0. The van der Waals surface area contributed by atoms with Crippen molar-refractivity contribution in [3.05, 3.63) is 117 Å². The monoisotopic (exact) mass is 991 g/mol. The third-order valence-corrected chi connectivity index (χ3v) is 15.4. The predicted octanol–water partition coefficient (Wildman–Crippen LogP) is 21.4. The lowest BCUT2D eigenvalue weighted by Gasteiger charge is -2.22. The topological polar surface area (TPSA) is 9.23 Å². The average molecular weight is 991 g/mol. The largest absolute Gasteiger partial charge is 0.494 e. The summed E-state index contributed by atoms with van der Waals surface area (Å²) in [4.78, 5) is 0. The first-order valence-electron chi connectivity index (χ1n) is 28.5. The SMILES string of the molecule is CCCCCC1CC=C(c2ccc(OC)c(F)c2F)CC1.CCCCCCCc1ccc(C2=CCC(CCCCC)CC2)c(F)c1F.CCCCCc1ccc(C2=CCC(CCCCC)CC2)c(F)c1F. The standard InChI is InChI=1S/C24H36F2.C22H32F2.C18H24F2O/c1-3-5-7-8-10-12-21-17-18-22(24(26)23(21)25)20-15-13-19(14-16-20)11-9-6-4-2;1-3-5-7-9-17-11-13-18(14-12-17)20-16-15-19(10-8-6-4-2)21(23)22(20)24;1-3-4-5-6-13-7-9-14(10-8-13)15-11-12-16(21-2)18(20)17(15)19/h15,17-19H,3-14,16H2,1-2H3;13,15-17H,3-12,14H2,1-2H3;9,11-13H,3-8,10H2,1-2H3. The molecule has 6 rings (SSSR count). The second-order valence-corrected chi connectivity index (χ2v) is 21.0. The predicted molar refractivity (Wildman–Crippen MR) is 290 cm³/mol. The van der Waals surface area contributed by atoms with Gasteiger partial charge >= 0.3 is 0 Å². The van der Waals surface area contributed by atoms with E-state index in [2.05, 4.69) is 52.8 Å². The zero-order chi connectivity index (χ0) is 51.4. The highest BCUT2D eigenvalue weighted by atomic mass is 19.2. The van der Waals surface area contributed by atoms with Crippen LogP contribution in [-0.2, 0) is 12.8 Å². The van der Waals surface area contributed by atoms with E-state index in [0.717, 1.165) is 118 Å². The third kappa shape index (κ3) is 19.6. The average Bonchev–Trinajstić information content (AvgIpc) is 3.39. The fourth-order valence-electron chi connectivity index (χ4n) is 10.7. The lowest BCUT2D eigenvalue weighted by atomic mass is 9.83. The third-order valence-electron chi connectivity index (χ3n) is 15.4. The summed E-state index contributed by atoms with van der Waals surface area (Å²) in [6, 6.07) is 10.3. The molecule has 7 heteroatoms. The highest BCUT2D eigenvalue weighted by Gasteiger charge is 2.24. The van der Waals surface area contributed by atoms with Gasteiger partial charge in [0.15, 0.2) is 34.8 Å². The van der Waals surface area contributed by atoms with E-state index < -0.39 is 34.9 Å². The number of ether oxygens (including phenoxy) is 1. The Balaban J connectivity index is 0.000000233. The molecule has 3 atom stereocenters. The van der Waals surface area contributed by atoms with E-state index in [1.807, 2.05) is 12.1 Å². The summed E-state index contributed by atoms with van der Waals surface area (Å²) in [7, 11) is 1.35. The van der Waals surface area contributed by atoms with Crippen LogP contribution >= 0.6 is 0 Å². The van der Waals surface area contributed by atoms with E-state index >= 15 is 0 Å². The van der Waals surface area contributed by atoms with E-state index in [1.54, 1.807) is 18.2 Å². The minimum atomic E-state index is -0.888. The maximum Gasteiger partial charge on any atom is 0.201 e. The van der Waals surface area contributed by atoms with Crippen LogP contribution in [0.2, 0.25) is 0 Å². The Morgan fingerprint density at radius 1 is 0.380 bits per heavy atom. The number of rotatable bonds is 26. The van der Waals surface area contributed by atoms with Crippen molar-refractivity contribution in [1.29, 1.82) is 0 Å². The minimum Gasteiger partial charge on any atom is -0.494 e. The summed E-state index contributed by atoms with van der Waals surface area (Å²) in [5.41, 5.74) is 5.36. The molecule has 3 aromatic carbocycles. The Hall–Kier alpha value is -3.74. The summed E-state index contributed by atoms with van der Waals surface area (Å²) in [6.45, 7) is 11.0. The molecule has 0 fully saturated rings. The molecule has 0 aliphatic heterocycles. The fourth-order valence-corrected chi connectivity index (χ4v) is 10.7. The zero-order valence-electron chi connectivity index (χ0n) is 45.0. The first kappa shape index (κ1) is 59.8. The number of methoxy groups -OCH3 is 1. The van der Waals surface area contributed by atoms with Crippen molar-refractivity contribution in [3.63, 3.8) is 0 Å². The second kappa shape index (κ2) is 33.9. The van der Waals surface area contributed by atoms with Crippen LogP contribution in [0, 0.1) is 52.7 Å². The number of allylic oxidation sites excluding steroid dienone is 6. The molecule has 3 unspecified atom stereocenters. The van der Waals surface area contributed by atoms with Crippen molar-refractivity contribution in [2.45, 2.75) is 234 Å². The molecule has 0 amide bonds. The van der Waals surface area contributed by atoms with Crippen LogP contribution < -0.4 is 4.74 Å². The number of benzene rings is 3. The molecular weight excluding hydrogens is 899 g/mol. The van der Waals surface area contributed by atoms with E-state index in [-0.39, 0.29) is 5.75 Å². The summed E-state index contributed by atoms with van der Waals surface area (Å²) in [5.74, 6) is -2.09. The van der Waals surface area contributed by atoms with Crippen molar-refractivity contribution in [2.75, 3.05) is 7.11 Å². The van der Waals surface area contributed by atoms with E-state index in [1.165, 1.54) is 109 Å². The van der Waals surface area contributed by atoms with Gasteiger partial charge in [-0.25, -0.2) is 22.0 Å². The fraction of sp³-hybridized carbons (Fsp3) is 0.625. The van der Waals surface area contributed by atoms with E-state index in [9.17, 15) is 26.3 Å². The number of hydrogen-bond donors (Lipinski definition) is 0. The molecule has 3 aliphatic carbocycles. The Morgan fingerprint density at radius 3 is 1.06 bits per heavy atom. The van der Waals surface area contributed by atoms with E-state index in [0.29, 0.717) is 46.6 Å². The van der Waals surface area contributed by atoms with Gasteiger partial charge in [-0.15, -0.1) is 0 Å². The van der Waals surface area contributed by atoms with Gasteiger partial charge in [-0.05, 0) is 141 Å². The maximum absolute atomic E-state index is 14.6. The van der Waals surface area contributed by atoms with Crippen molar-refractivity contribution < 1.29 is 31.1 Å². The van der Waals surface area contributed by atoms with Gasteiger partial charge in [-0.1, -0.05) is 193 Å². The van der Waals surface area contributed by atoms with E-state index in [4.69, 9.17) is 4.74 Å². The number of aryl methyl sites for hydroxylation is 2. The Labute approximate surface area is 427 Å². The lowest BCUT2D eigenvalue weighted by molar-refractivity contribution is 0.371. The van der Waals surface area contributed by atoms with Crippen LogP contribution in [0.5, 0.6) is 5.75 Å². The summed E-state index contributed by atoms with van der Waals surface area (Å²) < 4.78 is 90.6. The van der Waals surface area contributed by atoms with Gasteiger partial charge in [-0.3, -0.25) is 0 Å². The number of unbranched alkanes of at least 4 members (excludes halogenated alkanes) is 12. The van der Waals surface area contributed by atoms with Gasteiger partial charge < -0.3 is 4.74 Å². The Kier molecular flexibility index (Phi) is 28.5. The Bertz CT molecular complexity index is 2100. The van der Waals surface area contributed by atoms with Gasteiger partial charge in [0.1, 0.15) is 0 Å². The quantitative estimate of drug-likeness (QED) is 0.0575. The number of halogens is 6. The molecule has 1 nitrogen and oxygen atoms in total. The maximum atomic E-state index is 14.6. The van der Waals surface area contributed by atoms with Crippen LogP contribution in [0.15, 0.2) is 54.6 Å². The van der Waals surface area contributed by atoms with Crippen molar-refractivity contribution in [2.24, 2.45) is 17.8 Å². The molecule has 3 aliphatic rings. The van der Waals surface area contributed by atoms with Crippen LogP contribution in [0.1, 0.15) is 249 Å². The highest BCUT2D eigenvalue weighted by molar-refractivity contribution is 5.69. The molecule has 0 aromatic heterocycles. The highest BCUT2D eigenvalue weighted by Crippen LogP contribution is 2.38. The van der Waals surface area contributed by atoms with Gasteiger partial charge in [0.05, 0.1) is 7.11 Å². The lowest BCUT2D eigenvalue weighted by Crippen LogP contribution is -2.07. The van der Waals surface area contributed by atoms with Crippen molar-refractivity contribution in [3.8, 4) is 5.75 Å². The molecule has 0 spiro atoms. The van der Waals surface area contributed by atoms with Crippen LogP contribution in [0.4, 0.5) is 26.3 Å². The first-order chi connectivity index (χ1) is 34.5. The smallest absolute Gasteiger partial charge is 0.201 e. The molecule has 0 radical (unpaired) electrons. The second-order valence-electron chi connectivity index (χ2n) is 21.0. The van der Waals surface area contributed by atoms with Crippen LogP contribution in [0.3, 0.4) is 0 Å². The van der Waals surface area contributed by atoms with Crippen LogP contribution in [-0.4, -0.2) is 7.11 Å². The zero-order valence-corrected chi connectivity index (χ0v) is 45.0. The summed E-state index contributed by atoms with van der Waals surface area (Å²) in [6.07, 6.45) is 40.5. The minimum absolute atomic E-state index is 0.0369. The van der Waals surface area contributed by atoms with Crippen molar-refractivity contribution >= 4 is 16.7 Å². The molecule has 0 bridgehead atoms. The summed E-state index contributed by atoms with van der Waals surface area (Å²) >= 11 is 0. The van der Waals surface area contributed by atoms with Crippen molar-refractivity contribution in [1.82, 2.24) is 0 Å². The first-order valence-corrected chi connectivity index (χ1v) is 28.5. The molecule has 3 aromatic rings. The van der Waals surface area contributed by atoms with Gasteiger partial charge in [0.25, 0.3) is 0 Å². The molecule has 0 saturated carbocycles. The van der Waals surface area contributed by atoms with Gasteiger partial charge in [0, 0.05) is 16.7 Å². The molecule has 0 saturated heterocycles. The van der Waals surface area contributed by atoms with Crippen LogP contribution in [0.25, 0.3) is 16.7 Å².